The normalized spacial score (nSPS) is 14.4. The first-order valence-corrected chi connectivity index (χ1v) is 50.0. The lowest BCUT2D eigenvalue weighted by Crippen LogP contribution is -2.57. The van der Waals surface area contributed by atoms with Crippen molar-refractivity contribution in [3.63, 3.8) is 0 Å². The third kappa shape index (κ3) is 79.7. The summed E-state index contributed by atoms with van der Waals surface area (Å²) >= 11 is 0. The average Bonchev–Trinajstić information content (AvgIpc) is 0.845. The van der Waals surface area contributed by atoms with Crippen LogP contribution in [0.4, 0.5) is 0 Å². The lowest BCUT2D eigenvalue weighted by Gasteiger charge is -2.44. The predicted molar refractivity (Wildman–Crippen MR) is 504 cm³/mol. The van der Waals surface area contributed by atoms with E-state index in [0.29, 0.717) is 118 Å². The molecule has 0 amide bonds. The van der Waals surface area contributed by atoms with E-state index in [2.05, 4.69) is 158 Å². The van der Waals surface area contributed by atoms with Gasteiger partial charge in [0.15, 0.2) is 0 Å². The van der Waals surface area contributed by atoms with E-state index in [1.807, 2.05) is 0 Å². The van der Waals surface area contributed by atoms with Crippen LogP contribution in [0, 0.1) is 0 Å². The highest BCUT2D eigenvalue weighted by molar-refractivity contribution is 5.71. The Balaban J connectivity index is 2.58. The van der Waals surface area contributed by atoms with Crippen LogP contribution in [0.2, 0.25) is 0 Å². The number of piperazine rings is 1. The van der Waals surface area contributed by atoms with Crippen molar-refractivity contribution in [3.05, 3.63) is 97.2 Å². The van der Waals surface area contributed by atoms with Crippen LogP contribution in [0.25, 0.3) is 0 Å². The molecule has 0 saturated carbocycles. The fraction of sp³-hybridized carbons (Fsp3) is 0.788. The van der Waals surface area contributed by atoms with Gasteiger partial charge in [-0.15, -0.1) is 0 Å². The standard InChI is InChI=1S/C104H184N4O12/c1-7-11-15-19-23-27-31-35-39-43-47-51-55-59-63-71-89-115-101(111)77-83-105(84-78-102(112)116-90-72-64-60-56-52-48-44-40-36-32-28-24-20-16-12-8-2)81-69-67-75-99(109)119-93-87-107-95-98(6)108(96-97(107)5)88-94-120-100(110)76-68-70-82-106(85-79-103(113)117-91-73-65-61-57-53-49-45-41-37-33-29-25-21-17-13-9-3)86-80-104(114)118-92-74-66-62-58-54-50-46-42-38-34-30-26-22-18-14-10-4/h23-30,35-42,97-98H,7-22,31-34,43-96H2,1-6H3/b27-23-,28-24-,29-25-,30-26-,39-35-,40-36-,41-37-,42-38-. The van der Waals surface area contributed by atoms with Crippen LogP contribution >= 0.6 is 0 Å². The van der Waals surface area contributed by atoms with Crippen LogP contribution < -0.4 is 0 Å². The van der Waals surface area contributed by atoms with Crippen molar-refractivity contribution in [1.82, 2.24) is 19.6 Å². The number of esters is 6. The Morgan fingerprint density at radius 2 is 0.433 bits per heavy atom. The Bertz CT molecular complexity index is 2310. The van der Waals surface area contributed by atoms with E-state index in [1.165, 1.54) is 180 Å². The molecule has 0 aromatic heterocycles. The lowest BCUT2D eigenvalue weighted by atomic mass is 10.1. The highest BCUT2D eigenvalue weighted by Crippen LogP contribution is 2.19. The van der Waals surface area contributed by atoms with Crippen LogP contribution in [0.1, 0.15) is 414 Å². The van der Waals surface area contributed by atoms with Gasteiger partial charge in [0.1, 0.15) is 13.2 Å². The van der Waals surface area contributed by atoms with E-state index in [1.54, 1.807) is 0 Å². The van der Waals surface area contributed by atoms with Crippen molar-refractivity contribution >= 4 is 35.8 Å². The number of carbonyl (C=O) groups excluding carboxylic acids is 6. The molecule has 0 radical (unpaired) electrons. The van der Waals surface area contributed by atoms with Gasteiger partial charge in [-0.3, -0.25) is 38.6 Å². The van der Waals surface area contributed by atoms with Gasteiger partial charge in [-0.05, 0) is 207 Å². The van der Waals surface area contributed by atoms with Crippen molar-refractivity contribution in [2.45, 2.75) is 426 Å². The molecule has 0 aromatic rings. The van der Waals surface area contributed by atoms with Gasteiger partial charge in [0.05, 0.1) is 52.1 Å². The molecule has 16 nitrogen and oxygen atoms in total. The lowest BCUT2D eigenvalue weighted by molar-refractivity contribution is -0.146. The monoisotopic (exact) mass is 1680 g/mol. The third-order valence-corrected chi connectivity index (χ3v) is 22.7. The Kier molecular flexibility index (Phi) is 84.3. The fourth-order valence-corrected chi connectivity index (χ4v) is 14.9. The largest absolute Gasteiger partial charge is 0.466 e. The number of carbonyl (C=O) groups is 6. The fourth-order valence-electron chi connectivity index (χ4n) is 14.9. The molecule has 2 unspecified atom stereocenters. The van der Waals surface area contributed by atoms with Crippen molar-refractivity contribution in [2.24, 2.45) is 0 Å². The zero-order chi connectivity index (χ0) is 86.8. The minimum absolute atomic E-state index is 0.218. The maximum absolute atomic E-state index is 13.1. The summed E-state index contributed by atoms with van der Waals surface area (Å²) in [5.74, 6) is -1.32. The van der Waals surface area contributed by atoms with Crippen LogP contribution in [0.3, 0.4) is 0 Å². The predicted octanol–water partition coefficient (Wildman–Crippen LogP) is 26.4. The van der Waals surface area contributed by atoms with E-state index >= 15 is 0 Å². The molecule has 0 aromatic carbocycles. The second-order valence-corrected chi connectivity index (χ2v) is 33.9. The average molecular weight is 1680 g/mol. The molecule has 1 heterocycles. The summed E-state index contributed by atoms with van der Waals surface area (Å²) in [5.41, 5.74) is 0. The number of allylic oxidation sites excluding steroid dienone is 16. The maximum atomic E-state index is 13.1. The molecule has 0 spiro atoms. The summed E-state index contributed by atoms with van der Waals surface area (Å²) in [4.78, 5) is 87.0. The molecule has 0 bridgehead atoms. The molecule has 120 heavy (non-hydrogen) atoms. The molecule has 0 aliphatic carbocycles. The minimum atomic E-state index is -0.225. The molecule has 1 aliphatic heterocycles. The van der Waals surface area contributed by atoms with E-state index in [0.717, 1.165) is 154 Å². The Hall–Kier alpha value is -5.42. The van der Waals surface area contributed by atoms with E-state index in [-0.39, 0.29) is 73.6 Å². The smallest absolute Gasteiger partial charge is 0.307 e. The van der Waals surface area contributed by atoms with Crippen LogP contribution in [-0.4, -0.2) is 173 Å². The third-order valence-electron chi connectivity index (χ3n) is 22.7. The van der Waals surface area contributed by atoms with E-state index < -0.39 is 0 Å². The topological polar surface area (TPSA) is 171 Å². The van der Waals surface area contributed by atoms with Gasteiger partial charge in [0, 0.05) is 77.3 Å². The Labute approximate surface area is 736 Å². The van der Waals surface area contributed by atoms with E-state index in [4.69, 9.17) is 28.4 Å². The molecule has 2 atom stereocenters. The quantitative estimate of drug-likeness (QED) is 0.0244. The number of hydrogen-bond donors (Lipinski definition) is 0. The zero-order valence-electron chi connectivity index (χ0n) is 78.4. The molecule has 692 valence electrons. The van der Waals surface area contributed by atoms with Gasteiger partial charge in [0.25, 0.3) is 0 Å². The molecular formula is C104H184N4O12. The molecule has 1 saturated heterocycles. The van der Waals surface area contributed by atoms with Crippen molar-refractivity contribution in [2.75, 3.05) is 105 Å². The summed E-state index contributed by atoms with van der Waals surface area (Å²) in [6.45, 7) is 21.7. The van der Waals surface area contributed by atoms with Gasteiger partial charge in [-0.25, -0.2) is 0 Å². The highest BCUT2D eigenvalue weighted by atomic mass is 16.6. The number of rotatable bonds is 88. The number of ether oxygens (including phenoxy) is 6. The SMILES string of the molecule is CCCCC/C=C\C/C=C\CCCCCCCCOC(=O)CCN(CCCCC(=O)OCCN1CC(C)N(CCOC(=O)CCCCN(CCC(=O)OCCCCCCCC/C=C\C/C=C\CCCCC)CCC(=O)OCCCCCCCC/C=C\C/C=C\CCCCC)CC1C)CCC(=O)OCCCCCCCC/C=C\C/C=C\CCCCC. The molecule has 1 rings (SSSR count). The number of unbranched alkanes of at least 4 members (excludes halogenated alkanes) is 38. The summed E-state index contributed by atoms with van der Waals surface area (Å²) in [6, 6.07) is 0.436. The molecular weight excluding hydrogens is 1500 g/mol. The first-order chi connectivity index (χ1) is 58.9. The highest BCUT2D eigenvalue weighted by Gasteiger charge is 2.29. The van der Waals surface area contributed by atoms with Crippen molar-refractivity contribution in [1.29, 1.82) is 0 Å². The van der Waals surface area contributed by atoms with Gasteiger partial charge < -0.3 is 38.2 Å². The molecule has 1 fully saturated rings. The van der Waals surface area contributed by atoms with Gasteiger partial charge in [-0.1, -0.05) is 279 Å². The van der Waals surface area contributed by atoms with Crippen molar-refractivity contribution < 1.29 is 57.2 Å². The van der Waals surface area contributed by atoms with Gasteiger partial charge >= 0.3 is 35.8 Å². The van der Waals surface area contributed by atoms with Crippen LogP contribution in [0.5, 0.6) is 0 Å². The molecule has 1 aliphatic rings. The summed E-state index contributed by atoms with van der Waals surface area (Å²) in [6.07, 6.45) is 96.6. The minimum Gasteiger partial charge on any atom is -0.466 e. The first-order valence-electron chi connectivity index (χ1n) is 50.0. The Morgan fingerprint density at radius 1 is 0.233 bits per heavy atom. The summed E-state index contributed by atoms with van der Waals surface area (Å²) < 4.78 is 34.2. The number of nitrogens with zero attached hydrogens (tertiary/aromatic N) is 4. The first kappa shape index (κ1) is 113. The molecule has 0 N–H and O–H groups in total. The maximum Gasteiger partial charge on any atom is 0.307 e. The van der Waals surface area contributed by atoms with Crippen LogP contribution in [-0.2, 0) is 57.2 Å². The Morgan fingerprint density at radius 3 is 0.667 bits per heavy atom. The van der Waals surface area contributed by atoms with Gasteiger partial charge in [-0.2, -0.15) is 0 Å². The zero-order valence-corrected chi connectivity index (χ0v) is 78.4. The second kappa shape index (κ2) is 89.8. The second-order valence-electron chi connectivity index (χ2n) is 33.9. The van der Waals surface area contributed by atoms with E-state index in [9.17, 15) is 28.8 Å². The number of hydrogen-bond acceptors (Lipinski definition) is 16. The molecule has 16 heteroatoms. The van der Waals surface area contributed by atoms with Crippen LogP contribution in [0.15, 0.2) is 97.2 Å². The van der Waals surface area contributed by atoms with Crippen molar-refractivity contribution in [3.8, 4) is 0 Å². The summed E-state index contributed by atoms with van der Waals surface area (Å²) in [7, 11) is 0. The van der Waals surface area contributed by atoms with Gasteiger partial charge in [0.2, 0.25) is 0 Å². The summed E-state index contributed by atoms with van der Waals surface area (Å²) in [5, 5.41) is 0.